The van der Waals surface area contributed by atoms with E-state index in [0.717, 1.165) is 22.6 Å². The lowest BCUT2D eigenvalue weighted by Crippen LogP contribution is -2.09. The second kappa shape index (κ2) is 21.3. The first-order valence-electron chi connectivity index (χ1n) is 24.5. The summed E-state index contributed by atoms with van der Waals surface area (Å²) in [6.45, 7) is 12.0. The Kier molecular flexibility index (Phi) is 14.3. The van der Waals surface area contributed by atoms with E-state index in [0.29, 0.717) is 0 Å². The lowest BCUT2D eigenvalue weighted by molar-refractivity contribution is 1.20. The van der Waals surface area contributed by atoms with E-state index in [1.807, 2.05) is 52.9 Å². The first kappa shape index (κ1) is 46.1. The molecule has 0 amide bonds. The van der Waals surface area contributed by atoms with Crippen LogP contribution in [0, 0.1) is 0 Å². The fourth-order valence-electron chi connectivity index (χ4n) is 9.56. The van der Waals surface area contributed by atoms with Crippen molar-refractivity contribution >= 4 is 70.4 Å². The van der Waals surface area contributed by atoms with Crippen molar-refractivity contribution in [2.75, 3.05) is 4.90 Å². The van der Waals surface area contributed by atoms with Gasteiger partial charge in [-0.05, 0) is 117 Å². The Morgan fingerprint density at radius 3 is 1.43 bits per heavy atom. The largest absolute Gasteiger partial charge is 0.310 e. The van der Waals surface area contributed by atoms with Crippen LogP contribution in [0.4, 0.5) is 17.1 Å². The zero-order chi connectivity index (χ0) is 47.7. The van der Waals surface area contributed by atoms with Gasteiger partial charge < -0.3 is 9.47 Å². The Morgan fingerprint density at radius 2 is 0.754 bits per heavy atom. The number of hydrogen-bond donors (Lipinski definition) is 0. The van der Waals surface area contributed by atoms with Gasteiger partial charge in [-0.1, -0.05) is 211 Å². The Labute approximate surface area is 412 Å². The molecular formula is C66H58N2S. The molecule has 0 atom stereocenters. The highest BCUT2D eigenvalue weighted by molar-refractivity contribution is 7.25. The molecule has 12 aromatic rings. The van der Waals surface area contributed by atoms with Crippen molar-refractivity contribution in [3.63, 3.8) is 0 Å². The van der Waals surface area contributed by atoms with E-state index in [4.69, 9.17) is 0 Å². The maximum absolute atomic E-state index is 2.47. The van der Waals surface area contributed by atoms with Crippen LogP contribution in [0.5, 0.6) is 0 Å². The Bertz CT molecular complexity index is 3620. The molecule has 338 valence electrons. The summed E-state index contributed by atoms with van der Waals surface area (Å²) in [6, 6.07) is 88.2. The molecule has 2 aromatic heterocycles. The minimum atomic E-state index is 1.10. The number of benzene rings is 10. The van der Waals surface area contributed by atoms with E-state index in [-0.39, 0.29) is 0 Å². The number of nitrogens with zero attached hydrogens (tertiary/aromatic N) is 2. The van der Waals surface area contributed by atoms with Crippen molar-refractivity contribution < 1.29 is 0 Å². The van der Waals surface area contributed by atoms with Gasteiger partial charge in [0.15, 0.2) is 0 Å². The molecule has 0 aliphatic carbocycles. The Hall–Kier alpha value is -7.98. The highest BCUT2D eigenvalue weighted by Crippen LogP contribution is 2.44. The molecule has 0 saturated carbocycles. The zero-order valence-electron chi connectivity index (χ0n) is 40.4. The third kappa shape index (κ3) is 8.86. The average molecular weight is 911 g/mol. The van der Waals surface area contributed by atoms with Crippen molar-refractivity contribution in [2.45, 2.75) is 41.5 Å². The van der Waals surface area contributed by atoms with E-state index in [1.54, 1.807) is 0 Å². The van der Waals surface area contributed by atoms with Crippen LogP contribution >= 0.6 is 11.3 Å². The topological polar surface area (TPSA) is 8.17 Å². The first-order valence-corrected chi connectivity index (χ1v) is 25.3. The fourth-order valence-corrected chi connectivity index (χ4v) is 10.7. The molecule has 0 aliphatic heterocycles. The highest BCUT2D eigenvalue weighted by atomic mass is 32.1. The molecule has 0 radical (unpaired) electrons. The van der Waals surface area contributed by atoms with Crippen LogP contribution < -0.4 is 4.90 Å². The molecule has 2 nitrogen and oxygen atoms in total. The Morgan fingerprint density at radius 1 is 0.304 bits per heavy atom. The summed E-state index contributed by atoms with van der Waals surface area (Å²) in [5, 5.41) is 5.11. The predicted octanol–water partition coefficient (Wildman–Crippen LogP) is 20.4. The maximum Gasteiger partial charge on any atom is 0.0555 e. The standard InChI is InChI=1S/C60H40N2S.3C2H6/c1-3-17-41(18-4-1)48-23-7-8-24-49(48)42-33-36-46(37-34-42)61(45-20-5-2-6-21-45)47-22-15-19-43(39-47)50-25-9-10-26-51(50)44-35-38-56-54(40-44)52-27-11-13-29-55(52)62(56)57-30-16-32-59-60(57)53-28-12-14-31-58(53)63-59;3*1-2/h1-40H;3*1-2H3. The van der Waals surface area contributed by atoms with E-state index >= 15 is 0 Å². The molecule has 0 bridgehead atoms. The van der Waals surface area contributed by atoms with Crippen LogP contribution in [0.3, 0.4) is 0 Å². The van der Waals surface area contributed by atoms with Gasteiger partial charge >= 0.3 is 0 Å². The predicted molar refractivity (Wildman–Crippen MR) is 304 cm³/mol. The lowest BCUT2D eigenvalue weighted by Gasteiger charge is -2.26. The van der Waals surface area contributed by atoms with Crippen molar-refractivity contribution in [3.05, 3.63) is 243 Å². The summed E-state index contributed by atoms with van der Waals surface area (Å²) in [5.74, 6) is 0. The molecule has 12 rings (SSSR count). The van der Waals surface area contributed by atoms with E-state index in [2.05, 4.69) is 252 Å². The molecule has 0 saturated heterocycles. The summed E-state index contributed by atoms with van der Waals surface area (Å²) >= 11 is 1.87. The van der Waals surface area contributed by atoms with Gasteiger partial charge in [-0.3, -0.25) is 0 Å². The van der Waals surface area contributed by atoms with Gasteiger partial charge in [0.2, 0.25) is 0 Å². The molecule has 2 heterocycles. The molecule has 0 unspecified atom stereocenters. The zero-order valence-corrected chi connectivity index (χ0v) is 41.2. The molecule has 69 heavy (non-hydrogen) atoms. The number of para-hydroxylation sites is 2. The average Bonchev–Trinajstić information content (AvgIpc) is 3.99. The van der Waals surface area contributed by atoms with Crippen molar-refractivity contribution in [1.29, 1.82) is 0 Å². The van der Waals surface area contributed by atoms with Crippen molar-refractivity contribution in [2.24, 2.45) is 0 Å². The number of anilines is 3. The molecule has 10 aromatic carbocycles. The summed E-state index contributed by atoms with van der Waals surface area (Å²) in [6.07, 6.45) is 0. The van der Waals surface area contributed by atoms with Gasteiger partial charge in [0, 0.05) is 48.0 Å². The Balaban J connectivity index is 0.000000953. The molecule has 0 spiro atoms. The summed E-state index contributed by atoms with van der Waals surface area (Å²) in [4.78, 5) is 2.36. The van der Waals surface area contributed by atoms with Gasteiger partial charge in [-0.15, -0.1) is 11.3 Å². The molecule has 3 heteroatoms. The van der Waals surface area contributed by atoms with Crippen LogP contribution in [-0.4, -0.2) is 4.57 Å². The fraction of sp³-hybridized carbons (Fsp3) is 0.0909. The summed E-state index contributed by atoms with van der Waals surface area (Å²) in [7, 11) is 0. The minimum absolute atomic E-state index is 1.10. The third-order valence-electron chi connectivity index (χ3n) is 12.4. The monoisotopic (exact) mass is 910 g/mol. The van der Waals surface area contributed by atoms with Crippen molar-refractivity contribution in [1.82, 2.24) is 4.57 Å². The van der Waals surface area contributed by atoms with Gasteiger partial charge in [0.1, 0.15) is 0 Å². The van der Waals surface area contributed by atoms with Crippen LogP contribution in [0.1, 0.15) is 41.5 Å². The second-order valence-corrected chi connectivity index (χ2v) is 17.1. The molecule has 0 fully saturated rings. The quantitative estimate of drug-likeness (QED) is 0.147. The van der Waals surface area contributed by atoms with E-state index in [9.17, 15) is 0 Å². The van der Waals surface area contributed by atoms with Crippen LogP contribution in [0.25, 0.3) is 92.2 Å². The summed E-state index contributed by atoms with van der Waals surface area (Å²) in [5.41, 5.74) is 16.5. The number of fused-ring (bicyclic) bond motifs is 6. The normalized spacial score (nSPS) is 10.8. The van der Waals surface area contributed by atoms with Gasteiger partial charge in [0.25, 0.3) is 0 Å². The highest BCUT2D eigenvalue weighted by Gasteiger charge is 2.19. The number of thiophene rings is 1. The van der Waals surface area contributed by atoms with Gasteiger partial charge in [-0.25, -0.2) is 0 Å². The summed E-state index contributed by atoms with van der Waals surface area (Å²) < 4.78 is 5.09. The van der Waals surface area contributed by atoms with Crippen LogP contribution in [0.15, 0.2) is 243 Å². The van der Waals surface area contributed by atoms with E-state index in [1.165, 1.54) is 86.6 Å². The lowest BCUT2D eigenvalue weighted by atomic mass is 9.93. The van der Waals surface area contributed by atoms with Gasteiger partial charge in [0.05, 0.1) is 16.7 Å². The first-order chi connectivity index (χ1) is 34.3. The molecule has 0 aliphatic rings. The van der Waals surface area contributed by atoms with Crippen molar-refractivity contribution in [3.8, 4) is 50.2 Å². The SMILES string of the molecule is CC.CC.CC.c1ccc(-c2ccccc2-c2ccc(N(c3ccccc3)c3cccc(-c4ccccc4-c4ccc5c(c4)c4ccccc4n5-c4cccc5sc6ccccc6c45)c3)cc2)cc1. The maximum atomic E-state index is 2.47. The number of rotatable bonds is 8. The van der Waals surface area contributed by atoms with Gasteiger partial charge in [-0.2, -0.15) is 0 Å². The number of aromatic nitrogens is 1. The second-order valence-electron chi connectivity index (χ2n) is 16.1. The molecule has 0 N–H and O–H groups in total. The minimum Gasteiger partial charge on any atom is -0.310 e. The smallest absolute Gasteiger partial charge is 0.0555 e. The van der Waals surface area contributed by atoms with E-state index < -0.39 is 0 Å². The number of hydrogen-bond acceptors (Lipinski definition) is 2. The molecular weight excluding hydrogens is 853 g/mol. The van der Waals surface area contributed by atoms with Crippen LogP contribution in [-0.2, 0) is 0 Å². The third-order valence-corrected chi connectivity index (χ3v) is 13.5. The van der Waals surface area contributed by atoms with Crippen LogP contribution in [0.2, 0.25) is 0 Å².